The van der Waals surface area contributed by atoms with Crippen molar-refractivity contribution in [3.05, 3.63) is 35.4 Å². The summed E-state index contributed by atoms with van der Waals surface area (Å²) < 4.78 is 26.6. The Labute approximate surface area is 129 Å². The fraction of sp³-hybridized carbons (Fsp3) is 0.562. The van der Waals surface area contributed by atoms with E-state index < -0.39 is 17.7 Å². The van der Waals surface area contributed by atoms with Crippen molar-refractivity contribution >= 4 is 6.03 Å². The first-order valence-corrected chi connectivity index (χ1v) is 7.53. The van der Waals surface area contributed by atoms with Crippen LogP contribution in [0.4, 0.5) is 13.6 Å². The van der Waals surface area contributed by atoms with Crippen molar-refractivity contribution in [2.24, 2.45) is 5.92 Å². The third-order valence-corrected chi connectivity index (χ3v) is 4.24. The lowest BCUT2D eigenvalue weighted by molar-refractivity contribution is 0.113. The van der Waals surface area contributed by atoms with Crippen LogP contribution in [0.2, 0.25) is 0 Å². The summed E-state index contributed by atoms with van der Waals surface area (Å²) in [6.45, 7) is 2.11. The Balaban J connectivity index is 1.92. The van der Waals surface area contributed by atoms with Gasteiger partial charge >= 0.3 is 6.03 Å². The summed E-state index contributed by atoms with van der Waals surface area (Å²) >= 11 is 0. The lowest BCUT2D eigenvalue weighted by Crippen LogP contribution is -2.42. The van der Waals surface area contributed by atoms with Crippen LogP contribution in [-0.4, -0.2) is 35.7 Å². The van der Waals surface area contributed by atoms with Gasteiger partial charge in [0.25, 0.3) is 0 Å². The van der Waals surface area contributed by atoms with Crippen LogP contribution < -0.4 is 5.32 Å². The topological polar surface area (TPSA) is 52.6 Å². The predicted molar refractivity (Wildman–Crippen MR) is 79.3 cm³/mol. The van der Waals surface area contributed by atoms with Gasteiger partial charge in [-0.25, -0.2) is 13.6 Å². The maximum absolute atomic E-state index is 13.7. The van der Waals surface area contributed by atoms with Crippen LogP contribution in [0, 0.1) is 17.6 Å². The summed E-state index contributed by atoms with van der Waals surface area (Å²) in [4.78, 5) is 13.6. The van der Waals surface area contributed by atoms with Crippen molar-refractivity contribution in [3.8, 4) is 0 Å². The molecule has 2 N–H and O–H groups in total. The molecule has 2 amide bonds. The number of nitrogens with zero attached hydrogens (tertiary/aromatic N) is 1. The van der Waals surface area contributed by atoms with Gasteiger partial charge in [-0.05, 0) is 25.8 Å². The minimum Gasteiger partial charge on any atom is -0.393 e. The first-order valence-electron chi connectivity index (χ1n) is 7.53. The Bertz CT molecular complexity index is 539. The molecular formula is C16H22F2N2O2. The zero-order valence-corrected chi connectivity index (χ0v) is 12.9. The molecule has 1 saturated carbocycles. The number of carbonyl (C=O) groups is 1. The van der Waals surface area contributed by atoms with Gasteiger partial charge in [-0.3, -0.25) is 0 Å². The van der Waals surface area contributed by atoms with E-state index in [0.717, 1.165) is 25.3 Å². The third kappa shape index (κ3) is 3.94. The third-order valence-electron chi connectivity index (χ3n) is 4.24. The van der Waals surface area contributed by atoms with E-state index in [2.05, 4.69) is 5.32 Å². The van der Waals surface area contributed by atoms with Gasteiger partial charge in [0, 0.05) is 31.1 Å². The molecule has 0 spiro atoms. The highest BCUT2D eigenvalue weighted by atomic mass is 19.1. The van der Waals surface area contributed by atoms with Crippen LogP contribution in [0.1, 0.15) is 37.8 Å². The van der Waals surface area contributed by atoms with Crippen molar-refractivity contribution < 1.29 is 18.7 Å². The van der Waals surface area contributed by atoms with Gasteiger partial charge in [0.2, 0.25) is 0 Å². The number of hydrogen-bond donors (Lipinski definition) is 2. The second kappa shape index (κ2) is 7.05. The molecule has 1 fully saturated rings. The first-order chi connectivity index (χ1) is 10.4. The molecule has 0 radical (unpaired) electrons. The number of halogens is 2. The normalized spacial score (nSPS) is 22.4. The number of aliphatic hydroxyl groups excluding tert-OH is 1. The van der Waals surface area contributed by atoms with Crippen molar-refractivity contribution in [1.29, 1.82) is 0 Å². The lowest BCUT2D eigenvalue weighted by atomic mass is 10.1. The minimum absolute atomic E-state index is 0.0913. The molecule has 1 aromatic carbocycles. The number of amides is 2. The largest absolute Gasteiger partial charge is 0.393 e. The first kappa shape index (κ1) is 16.7. The molecule has 6 heteroatoms. The SMILES string of the molecule is CC(NC(=O)N(C)CC1CCCC1O)c1ccc(F)cc1F. The van der Waals surface area contributed by atoms with E-state index in [0.29, 0.717) is 6.54 Å². The number of hydrogen-bond acceptors (Lipinski definition) is 2. The zero-order valence-electron chi connectivity index (χ0n) is 12.9. The fourth-order valence-corrected chi connectivity index (χ4v) is 2.89. The summed E-state index contributed by atoms with van der Waals surface area (Å²) in [5.74, 6) is -1.23. The fourth-order valence-electron chi connectivity index (χ4n) is 2.89. The molecule has 4 nitrogen and oxygen atoms in total. The highest BCUT2D eigenvalue weighted by Gasteiger charge is 2.28. The number of carbonyl (C=O) groups excluding carboxylic acids is 1. The van der Waals surface area contributed by atoms with Crippen LogP contribution in [-0.2, 0) is 0 Å². The Morgan fingerprint density at radius 2 is 2.18 bits per heavy atom. The summed E-state index contributed by atoms with van der Waals surface area (Å²) in [7, 11) is 1.65. The quantitative estimate of drug-likeness (QED) is 0.898. The Morgan fingerprint density at radius 1 is 1.45 bits per heavy atom. The number of benzene rings is 1. The molecule has 0 aliphatic heterocycles. The summed E-state index contributed by atoms with van der Waals surface area (Å²) in [5.41, 5.74) is 0.240. The van der Waals surface area contributed by atoms with Crippen LogP contribution in [0.15, 0.2) is 18.2 Å². The Morgan fingerprint density at radius 3 is 2.77 bits per heavy atom. The van der Waals surface area contributed by atoms with E-state index in [1.165, 1.54) is 17.0 Å². The van der Waals surface area contributed by atoms with Gasteiger partial charge in [0.1, 0.15) is 11.6 Å². The zero-order chi connectivity index (χ0) is 16.3. The van der Waals surface area contributed by atoms with E-state index in [-0.39, 0.29) is 23.6 Å². The molecule has 3 atom stereocenters. The van der Waals surface area contributed by atoms with E-state index in [1.54, 1.807) is 14.0 Å². The number of rotatable bonds is 4. The maximum atomic E-state index is 13.7. The number of urea groups is 1. The van der Waals surface area contributed by atoms with Crippen LogP contribution in [0.25, 0.3) is 0 Å². The molecular weight excluding hydrogens is 290 g/mol. The number of aliphatic hydroxyl groups is 1. The molecule has 3 unspecified atom stereocenters. The maximum Gasteiger partial charge on any atom is 0.317 e. The molecule has 1 aliphatic carbocycles. The van der Waals surface area contributed by atoms with Crippen LogP contribution >= 0.6 is 0 Å². The van der Waals surface area contributed by atoms with Gasteiger partial charge in [-0.15, -0.1) is 0 Å². The smallest absolute Gasteiger partial charge is 0.317 e. The molecule has 122 valence electrons. The monoisotopic (exact) mass is 312 g/mol. The van der Waals surface area contributed by atoms with E-state index in [1.807, 2.05) is 0 Å². The van der Waals surface area contributed by atoms with Gasteiger partial charge in [-0.2, -0.15) is 0 Å². The van der Waals surface area contributed by atoms with Gasteiger partial charge in [0.05, 0.1) is 12.1 Å². The average Bonchev–Trinajstić information content (AvgIpc) is 2.83. The second-order valence-corrected chi connectivity index (χ2v) is 5.98. The molecule has 2 rings (SSSR count). The van der Waals surface area contributed by atoms with Gasteiger partial charge in [-0.1, -0.05) is 12.5 Å². The number of nitrogens with one attached hydrogen (secondary N) is 1. The average molecular weight is 312 g/mol. The predicted octanol–water partition coefficient (Wildman–Crippen LogP) is 2.83. The summed E-state index contributed by atoms with van der Waals surface area (Å²) in [6.07, 6.45) is 2.29. The molecule has 0 aromatic heterocycles. The van der Waals surface area contributed by atoms with Crippen LogP contribution in [0.5, 0.6) is 0 Å². The second-order valence-electron chi connectivity index (χ2n) is 5.98. The standard InChI is InChI=1S/C16H22F2N2O2/c1-10(13-7-6-12(17)8-14(13)18)19-16(22)20(2)9-11-4-3-5-15(11)21/h6-8,10-11,15,21H,3-5,9H2,1-2H3,(H,19,22). The molecule has 1 aliphatic rings. The molecule has 1 aromatic rings. The summed E-state index contributed by atoms with van der Waals surface area (Å²) in [5, 5.41) is 12.5. The Kier molecular flexibility index (Phi) is 5.34. The van der Waals surface area contributed by atoms with Crippen molar-refractivity contribution in [2.75, 3.05) is 13.6 Å². The van der Waals surface area contributed by atoms with Crippen molar-refractivity contribution in [1.82, 2.24) is 10.2 Å². The van der Waals surface area contributed by atoms with E-state index in [9.17, 15) is 18.7 Å². The Hall–Kier alpha value is -1.69. The van der Waals surface area contributed by atoms with Crippen molar-refractivity contribution in [2.45, 2.75) is 38.3 Å². The minimum atomic E-state index is -0.679. The van der Waals surface area contributed by atoms with Gasteiger partial charge < -0.3 is 15.3 Å². The van der Waals surface area contributed by atoms with Crippen molar-refractivity contribution in [3.63, 3.8) is 0 Å². The van der Waals surface area contributed by atoms with Gasteiger partial charge in [0.15, 0.2) is 0 Å². The molecule has 0 bridgehead atoms. The highest BCUT2D eigenvalue weighted by molar-refractivity contribution is 5.74. The van der Waals surface area contributed by atoms with E-state index in [4.69, 9.17) is 0 Å². The molecule has 0 saturated heterocycles. The van der Waals surface area contributed by atoms with E-state index >= 15 is 0 Å². The van der Waals surface area contributed by atoms with Crippen LogP contribution in [0.3, 0.4) is 0 Å². The highest BCUT2D eigenvalue weighted by Crippen LogP contribution is 2.26. The summed E-state index contributed by atoms with van der Waals surface area (Å²) in [6, 6.07) is 2.39. The molecule has 0 heterocycles. The lowest BCUT2D eigenvalue weighted by Gasteiger charge is -2.25. The molecule has 22 heavy (non-hydrogen) atoms.